The number of hydrogen-bond donors (Lipinski definition) is 4. The minimum atomic E-state index is -1.32. The van der Waals surface area contributed by atoms with Gasteiger partial charge in [0.25, 0.3) is 5.91 Å². The molecule has 3 aromatic rings. The fourth-order valence-corrected chi connectivity index (χ4v) is 5.53. The summed E-state index contributed by atoms with van der Waals surface area (Å²) in [4.78, 5) is 50.1. The van der Waals surface area contributed by atoms with Crippen molar-refractivity contribution in [2.75, 3.05) is 25.0 Å². The molecule has 0 spiro atoms. The van der Waals surface area contributed by atoms with Crippen LogP contribution in [0, 0.1) is 11.6 Å². The minimum Gasteiger partial charge on any atom is -0.507 e. The molecule has 10 nitrogen and oxygen atoms in total. The van der Waals surface area contributed by atoms with Crippen molar-refractivity contribution in [3.8, 4) is 22.6 Å². The van der Waals surface area contributed by atoms with Crippen LogP contribution in [0.2, 0.25) is 0 Å². The number of thiocarbonyl (C=S) groups is 1. The first-order valence-corrected chi connectivity index (χ1v) is 15.0. The van der Waals surface area contributed by atoms with Crippen LogP contribution in [0.3, 0.4) is 0 Å². The van der Waals surface area contributed by atoms with Crippen LogP contribution in [-0.4, -0.2) is 62.8 Å². The number of carbonyl (C=O) groups is 4. The van der Waals surface area contributed by atoms with Crippen LogP contribution < -0.4 is 15.4 Å². The number of thioether (sulfide) groups is 1. The maximum absolute atomic E-state index is 14.0. The molecule has 0 unspecified atom stereocenters. The Bertz CT molecular complexity index is 1780. The van der Waals surface area contributed by atoms with Gasteiger partial charge in [0.05, 0.1) is 4.91 Å². The van der Waals surface area contributed by atoms with Crippen LogP contribution >= 0.6 is 24.0 Å². The summed E-state index contributed by atoms with van der Waals surface area (Å²) in [6.07, 6.45) is 4.23. The van der Waals surface area contributed by atoms with Crippen molar-refractivity contribution in [1.82, 2.24) is 10.2 Å². The van der Waals surface area contributed by atoms with Gasteiger partial charge in [-0.1, -0.05) is 36.1 Å². The second-order valence-electron chi connectivity index (χ2n) is 9.66. The van der Waals surface area contributed by atoms with Gasteiger partial charge < -0.3 is 25.6 Å². The second kappa shape index (κ2) is 15.3. The molecule has 0 saturated carbocycles. The number of benzene rings is 3. The molecule has 0 bridgehead atoms. The van der Waals surface area contributed by atoms with Crippen molar-refractivity contribution in [1.29, 1.82) is 0 Å². The molecule has 0 aromatic heterocycles. The molecule has 0 aliphatic carbocycles. The molecule has 1 saturated heterocycles. The van der Waals surface area contributed by atoms with Crippen LogP contribution in [0.25, 0.3) is 17.2 Å². The molecule has 1 aliphatic heterocycles. The van der Waals surface area contributed by atoms with E-state index in [9.17, 15) is 33.1 Å². The van der Waals surface area contributed by atoms with Gasteiger partial charge in [0.1, 0.15) is 28.0 Å². The Morgan fingerprint density at radius 1 is 1.04 bits per heavy atom. The predicted molar refractivity (Wildman–Crippen MR) is 173 cm³/mol. The molecule has 4 rings (SSSR count). The lowest BCUT2D eigenvalue weighted by atomic mass is 10.0. The molecular weight excluding hydrogens is 640 g/mol. The topological polar surface area (TPSA) is 145 Å². The number of amides is 3. The van der Waals surface area contributed by atoms with Gasteiger partial charge in [-0.25, -0.2) is 13.6 Å². The fraction of sp³-hybridized carbons (Fsp3) is 0.156. The van der Waals surface area contributed by atoms with Crippen LogP contribution in [0.15, 0.2) is 71.7 Å². The molecule has 1 aliphatic rings. The number of phenols is 1. The highest BCUT2D eigenvalue weighted by Gasteiger charge is 2.32. The molecule has 3 amide bonds. The normalized spacial score (nSPS) is 13.8. The van der Waals surface area contributed by atoms with E-state index in [1.807, 2.05) is 0 Å². The average Bonchev–Trinajstić information content (AvgIpc) is 3.27. The van der Waals surface area contributed by atoms with Crippen LogP contribution in [0.1, 0.15) is 29.3 Å². The van der Waals surface area contributed by atoms with Crippen molar-refractivity contribution >= 4 is 63.8 Å². The zero-order valence-corrected chi connectivity index (χ0v) is 25.8. The largest absolute Gasteiger partial charge is 0.507 e. The minimum absolute atomic E-state index is 0.0232. The summed E-state index contributed by atoms with van der Waals surface area (Å²) in [6, 6.07) is 12.0. The number of carbonyl (C=O) groups excluding carboxylic acids is 3. The number of ether oxygens (including phenoxy) is 1. The summed E-state index contributed by atoms with van der Waals surface area (Å²) in [6.45, 7) is 2.22. The number of rotatable bonds is 12. The molecule has 3 aromatic carbocycles. The predicted octanol–water partition coefficient (Wildman–Crippen LogP) is 5.34. The van der Waals surface area contributed by atoms with E-state index in [-0.39, 0.29) is 46.0 Å². The molecular formula is C32H27F2N3O7S2. The molecule has 0 atom stereocenters. The third kappa shape index (κ3) is 8.55. The smallest absolute Gasteiger partial charge is 0.339 e. The maximum atomic E-state index is 14.0. The number of halogens is 2. The number of nitrogens with one attached hydrogen (secondary N) is 2. The number of carboxylic acids is 1. The summed E-state index contributed by atoms with van der Waals surface area (Å²) < 4.78 is 33.6. The van der Waals surface area contributed by atoms with Crippen LogP contribution in [-0.2, 0) is 14.4 Å². The van der Waals surface area contributed by atoms with Crippen LogP contribution in [0.4, 0.5) is 14.5 Å². The summed E-state index contributed by atoms with van der Waals surface area (Å²) >= 11 is 6.40. The highest BCUT2D eigenvalue weighted by molar-refractivity contribution is 8.26. The number of likely N-dealkylation sites (N-methyl/N-ethyl adjacent to an activating group) is 1. The number of aromatic hydroxyl groups is 1. The first-order valence-electron chi connectivity index (χ1n) is 13.7. The summed E-state index contributed by atoms with van der Waals surface area (Å²) in [5.41, 5.74) is 1.19. The summed E-state index contributed by atoms with van der Waals surface area (Å²) in [5, 5.41) is 24.1. The van der Waals surface area contributed by atoms with Crippen molar-refractivity contribution in [3.63, 3.8) is 0 Å². The zero-order chi connectivity index (χ0) is 33.4. The van der Waals surface area contributed by atoms with Gasteiger partial charge in [0, 0.05) is 42.9 Å². The molecule has 4 N–H and O–H groups in total. The number of anilines is 1. The van der Waals surface area contributed by atoms with Gasteiger partial charge in [-0.2, -0.15) is 0 Å². The van der Waals surface area contributed by atoms with E-state index in [1.165, 1.54) is 29.2 Å². The van der Waals surface area contributed by atoms with Crippen molar-refractivity contribution in [2.45, 2.75) is 13.3 Å². The molecule has 46 heavy (non-hydrogen) atoms. The highest BCUT2D eigenvalue weighted by atomic mass is 32.2. The van der Waals surface area contributed by atoms with Gasteiger partial charge in [0.2, 0.25) is 11.8 Å². The van der Waals surface area contributed by atoms with E-state index in [4.69, 9.17) is 22.1 Å². The maximum Gasteiger partial charge on any atom is 0.339 e. The fourth-order valence-electron chi connectivity index (χ4n) is 4.24. The Labute approximate surface area is 271 Å². The Hall–Kier alpha value is -5.08. The van der Waals surface area contributed by atoms with Crippen molar-refractivity contribution in [3.05, 3.63) is 94.4 Å². The average molecular weight is 668 g/mol. The SMILES string of the molecule is CCNC(=O)C=CCOc1ccc(-c2ccc(F)c(F)c2)cc1C=C1SC(=S)N(CCC(=O)Nc2ccc(C(=O)O)c(O)c2)C1=O. The number of nitrogens with zero attached hydrogens (tertiary/aromatic N) is 1. The summed E-state index contributed by atoms with van der Waals surface area (Å²) in [5.74, 6) is -4.76. The Morgan fingerprint density at radius 3 is 2.48 bits per heavy atom. The monoisotopic (exact) mass is 667 g/mol. The third-order valence-electron chi connectivity index (χ3n) is 6.45. The number of hydrogen-bond acceptors (Lipinski definition) is 8. The van der Waals surface area contributed by atoms with Gasteiger partial charge in [-0.05, 0) is 66.6 Å². The first-order chi connectivity index (χ1) is 22.0. The standard InChI is InChI=1S/C32H27F2N3O7S2/c1-2-35-28(39)4-3-13-44-26-10-6-18(19-5-9-23(33)24(34)15-19)14-20(26)16-27-30(41)37(32(45)46-27)12-11-29(40)36-21-7-8-22(31(42)43)25(38)17-21/h3-10,14-17,38H,2,11-13H2,1H3,(H,35,39)(H,36,40)(H,42,43). The lowest BCUT2D eigenvalue weighted by molar-refractivity contribution is -0.122. The zero-order valence-electron chi connectivity index (χ0n) is 24.2. The van der Waals surface area contributed by atoms with Gasteiger partial charge >= 0.3 is 5.97 Å². The Balaban J connectivity index is 1.51. The van der Waals surface area contributed by atoms with E-state index in [0.29, 0.717) is 29.0 Å². The Kier molecular flexibility index (Phi) is 11.2. The lowest BCUT2D eigenvalue weighted by Gasteiger charge is -2.14. The lowest BCUT2D eigenvalue weighted by Crippen LogP contribution is -2.31. The van der Waals surface area contributed by atoms with E-state index in [1.54, 1.807) is 31.2 Å². The van der Waals surface area contributed by atoms with Crippen molar-refractivity contribution in [2.24, 2.45) is 0 Å². The van der Waals surface area contributed by atoms with E-state index >= 15 is 0 Å². The van der Waals surface area contributed by atoms with Gasteiger partial charge in [-0.15, -0.1) is 0 Å². The van der Waals surface area contributed by atoms with E-state index in [2.05, 4.69) is 10.6 Å². The van der Waals surface area contributed by atoms with Crippen molar-refractivity contribution < 1.29 is 42.9 Å². The van der Waals surface area contributed by atoms with Gasteiger partial charge in [0.15, 0.2) is 11.6 Å². The molecule has 1 fully saturated rings. The molecule has 0 radical (unpaired) electrons. The molecule has 1 heterocycles. The first kappa shape index (κ1) is 33.8. The molecule has 14 heteroatoms. The second-order valence-corrected chi connectivity index (χ2v) is 11.3. The number of aromatic carboxylic acids is 1. The highest BCUT2D eigenvalue weighted by Crippen LogP contribution is 2.36. The van der Waals surface area contributed by atoms with E-state index in [0.717, 1.165) is 36.0 Å². The summed E-state index contributed by atoms with van der Waals surface area (Å²) in [7, 11) is 0. The van der Waals surface area contributed by atoms with Crippen LogP contribution in [0.5, 0.6) is 11.5 Å². The third-order valence-corrected chi connectivity index (χ3v) is 7.83. The number of carboxylic acid groups (broad SMARTS) is 1. The quantitative estimate of drug-likeness (QED) is 0.149. The van der Waals surface area contributed by atoms with Gasteiger partial charge in [-0.3, -0.25) is 19.3 Å². The Morgan fingerprint density at radius 2 is 1.78 bits per heavy atom. The van der Waals surface area contributed by atoms with E-state index < -0.39 is 35.2 Å². The molecule has 238 valence electrons.